The molecule has 1 aliphatic carbocycles. The minimum Gasteiger partial charge on any atom is -0.356 e. The molecule has 0 spiro atoms. The Morgan fingerprint density at radius 2 is 2.04 bits per heavy atom. The average Bonchev–Trinajstić information content (AvgIpc) is 3.34. The first kappa shape index (κ1) is 17.6. The van der Waals surface area contributed by atoms with E-state index in [1.807, 2.05) is 24.3 Å². The van der Waals surface area contributed by atoms with Crippen LogP contribution < -0.4 is 16.0 Å². The van der Waals surface area contributed by atoms with Crippen LogP contribution in [0.4, 0.5) is 0 Å². The summed E-state index contributed by atoms with van der Waals surface area (Å²) >= 11 is 5.91. The fraction of sp³-hybridized carbons (Fsp3) is 0.529. The van der Waals surface area contributed by atoms with E-state index < -0.39 is 0 Å². The zero-order valence-corrected chi connectivity index (χ0v) is 14.5. The van der Waals surface area contributed by atoms with Gasteiger partial charge in [-0.1, -0.05) is 23.7 Å². The van der Waals surface area contributed by atoms with Crippen LogP contribution >= 0.6 is 11.6 Å². The third kappa shape index (κ3) is 6.48. The maximum Gasteiger partial charge on any atom is 0.220 e. The Hall–Kier alpha value is -1.75. The van der Waals surface area contributed by atoms with Gasteiger partial charge in [-0.25, -0.2) is 0 Å². The van der Waals surface area contributed by atoms with Gasteiger partial charge in [-0.15, -0.1) is 0 Å². The first-order chi connectivity index (χ1) is 11.1. The van der Waals surface area contributed by atoms with Gasteiger partial charge in [-0.05, 0) is 43.9 Å². The number of nitrogens with zero attached hydrogens (tertiary/aromatic N) is 1. The topological polar surface area (TPSA) is 65.5 Å². The molecule has 0 aromatic heterocycles. The van der Waals surface area contributed by atoms with E-state index in [1.54, 1.807) is 7.05 Å². The minimum absolute atomic E-state index is 0.122. The molecule has 1 aliphatic rings. The van der Waals surface area contributed by atoms with Crippen molar-refractivity contribution < 1.29 is 4.79 Å². The summed E-state index contributed by atoms with van der Waals surface area (Å²) in [7, 11) is 1.74. The minimum atomic E-state index is 0.122. The molecule has 1 fully saturated rings. The Morgan fingerprint density at radius 3 is 2.65 bits per heavy atom. The Bertz CT molecular complexity index is 540. The SMILES string of the molecule is CN=C(NCCCC(=O)NC1CC1)NC(C)c1ccc(Cl)cc1. The largest absolute Gasteiger partial charge is 0.356 e. The zero-order valence-electron chi connectivity index (χ0n) is 13.7. The van der Waals surface area contributed by atoms with E-state index in [9.17, 15) is 4.79 Å². The standard InChI is InChI=1S/C17H25ClN4O/c1-12(13-5-7-14(18)8-6-13)21-17(19-2)20-11-3-4-16(23)22-15-9-10-15/h5-8,12,15H,3-4,9-11H2,1-2H3,(H,22,23)(H2,19,20,21). The molecule has 126 valence electrons. The lowest BCUT2D eigenvalue weighted by atomic mass is 10.1. The van der Waals surface area contributed by atoms with Crippen LogP contribution in [-0.2, 0) is 4.79 Å². The van der Waals surface area contributed by atoms with Gasteiger partial charge in [0.25, 0.3) is 0 Å². The zero-order chi connectivity index (χ0) is 16.7. The summed E-state index contributed by atoms with van der Waals surface area (Å²) in [6.45, 7) is 2.78. The van der Waals surface area contributed by atoms with Crippen molar-refractivity contribution in [3.05, 3.63) is 34.9 Å². The molecular formula is C17H25ClN4O. The molecule has 6 heteroatoms. The molecule has 1 unspecified atom stereocenters. The molecule has 1 amide bonds. The van der Waals surface area contributed by atoms with E-state index in [0.717, 1.165) is 35.8 Å². The molecule has 2 rings (SSSR count). The second kappa shape index (κ2) is 8.77. The van der Waals surface area contributed by atoms with Crippen LogP contribution in [0.5, 0.6) is 0 Å². The highest BCUT2D eigenvalue weighted by molar-refractivity contribution is 6.30. The van der Waals surface area contributed by atoms with Gasteiger partial charge in [0.05, 0.1) is 6.04 Å². The van der Waals surface area contributed by atoms with Crippen LogP contribution in [0.25, 0.3) is 0 Å². The number of benzene rings is 1. The molecule has 23 heavy (non-hydrogen) atoms. The van der Waals surface area contributed by atoms with E-state index in [0.29, 0.717) is 19.0 Å². The van der Waals surface area contributed by atoms with E-state index >= 15 is 0 Å². The molecule has 0 bridgehead atoms. The Kier molecular flexibility index (Phi) is 6.71. The van der Waals surface area contributed by atoms with Gasteiger partial charge in [0.2, 0.25) is 5.91 Å². The summed E-state index contributed by atoms with van der Waals surface area (Å²) in [5.41, 5.74) is 1.14. The van der Waals surface area contributed by atoms with Crippen molar-refractivity contribution in [2.45, 2.75) is 44.7 Å². The number of carbonyl (C=O) groups excluding carboxylic acids is 1. The van der Waals surface area contributed by atoms with Gasteiger partial charge >= 0.3 is 0 Å². The number of amides is 1. The van der Waals surface area contributed by atoms with Gasteiger partial charge in [-0.2, -0.15) is 0 Å². The Balaban J connectivity index is 1.68. The van der Waals surface area contributed by atoms with Crippen LogP contribution in [0, 0.1) is 0 Å². The first-order valence-corrected chi connectivity index (χ1v) is 8.48. The number of hydrogen-bond acceptors (Lipinski definition) is 2. The Morgan fingerprint density at radius 1 is 1.35 bits per heavy atom. The van der Waals surface area contributed by atoms with Gasteiger partial charge in [-0.3, -0.25) is 9.79 Å². The lowest BCUT2D eigenvalue weighted by Crippen LogP contribution is -2.39. The highest BCUT2D eigenvalue weighted by Crippen LogP contribution is 2.18. The van der Waals surface area contributed by atoms with Crippen LogP contribution in [-0.4, -0.2) is 31.5 Å². The lowest BCUT2D eigenvalue weighted by molar-refractivity contribution is -0.121. The van der Waals surface area contributed by atoms with Crippen LogP contribution in [0.2, 0.25) is 5.02 Å². The molecule has 0 saturated heterocycles. The van der Waals surface area contributed by atoms with Crippen LogP contribution in [0.3, 0.4) is 0 Å². The van der Waals surface area contributed by atoms with Gasteiger partial charge in [0, 0.05) is 31.1 Å². The highest BCUT2D eigenvalue weighted by Gasteiger charge is 2.22. The number of aliphatic imine (C=N–C) groups is 1. The molecule has 0 radical (unpaired) electrons. The van der Waals surface area contributed by atoms with Crippen molar-refractivity contribution >= 4 is 23.5 Å². The summed E-state index contributed by atoms with van der Waals surface area (Å²) in [5.74, 6) is 0.877. The van der Waals surface area contributed by atoms with Gasteiger partial charge in [0.15, 0.2) is 5.96 Å². The average molecular weight is 337 g/mol. The number of carbonyl (C=O) groups is 1. The molecule has 1 aromatic rings. The predicted octanol–water partition coefficient (Wildman–Crippen LogP) is 2.62. The first-order valence-electron chi connectivity index (χ1n) is 8.10. The highest BCUT2D eigenvalue weighted by atomic mass is 35.5. The van der Waals surface area contributed by atoms with Crippen molar-refractivity contribution in [3.8, 4) is 0 Å². The number of nitrogens with one attached hydrogen (secondary N) is 3. The molecule has 1 aromatic carbocycles. The van der Waals surface area contributed by atoms with E-state index in [1.165, 1.54) is 0 Å². The Labute approximate surface area is 142 Å². The van der Waals surface area contributed by atoms with E-state index in [-0.39, 0.29) is 11.9 Å². The quantitative estimate of drug-likeness (QED) is 0.407. The molecule has 0 heterocycles. The number of guanidine groups is 1. The maximum atomic E-state index is 11.6. The fourth-order valence-corrected chi connectivity index (χ4v) is 2.34. The third-order valence-electron chi connectivity index (χ3n) is 3.76. The molecule has 1 saturated carbocycles. The monoisotopic (exact) mass is 336 g/mol. The van der Waals surface area contributed by atoms with Crippen molar-refractivity contribution in [2.24, 2.45) is 4.99 Å². The lowest BCUT2D eigenvalue weighted by Gasteiger charge is -2.18. The molecule has 1 atom stereocenters. The fourth-order valence-electron chi connectivity index (χ4n) is 2.22. The second-order valence-electron chi connectivity index (χ2n) is 5.86. The van der Waals surface area contributed by atoms with E-state index in [4.69, 9.17) is 11.6 Å². The number of hydrogen-bond donors (Lipinski definition) is 3. The summed E-state index contributed by atoms with van der Waals surface area (Å²) < 4.78 is 0. The summed E-state index contributed by atoms with van der Waals surface area (Å²) in [4.78, 5) is 15.8. The van der Waals surface area contributed by atoms with Gasteiger partial charge < -0.3 is 16.0 Å². The second-order valence-corrected chi connectivity index (χ2v) is 6.30. The van der Waals surface area contributed by atoms with Crippen molar-refractivity contribution in [1.82, 2.24) is 16.0 Å². The normalized spacial score (nSPS) is 15.9. The van der Waals surface area contributed by atoms with Crippen LogP contribution in [0.1, 0.15) is 44.2 Å². The predicted molar refractivity (Wildman–Crippen MR) is 94.8 cm³/mol. The van der Waals surface area contributed by atoms with Crippen molar-refractivity contribution in [1.29, 1.82) is 0 Å². The summed E-state index contributed by atoms with van der Waals surface area (Å²) in [6.07, 6.45) is 3.59. The van der Waals surface area contributed by atoms with Crippen molar-refractivity contribution in [3.63, 3.8) is 0 Å². The molecule has 3 N–H and O–H groups in total. The van der Waals surface area contributed by atoms with Crippen LogP contribution in [0.15, 0.2) is 29.3 Å². The van der Waals surface area contributed by atoms with Gasteiger partial charge in [0.1, 0.15) is 0 Å². The summed E-state index contributed by atoms with van der Waals surface area (Å²) in [6, 6.07) is 8.31. The van der Waals surface area contributed by atoms with Crippen molar-refractivity contribution in [2.75, 3.05) is 13.6 Å². The van der Waals surface area contributed by atoms with E-state index in [2.05, 4.69) is 27.9 Å². The molecule has 5 nitrogen and oxygen atoms in total. The third-order valence-corrected chi connectivity index (χ3v) is 4.01. The maximum absolute atomic E-state index is 11.6. The summed E-state index contributed by atoms with van der Waals surface area (Å²) in [5, 5.41) is 10.3. The molecule has 0 aliphatic heterocycles. The smallest absolute Gasteiger partial charge is 0.220 e. The number of rotatable bonds is 7. The number of halogens is 1. The molecular weight excluding hydrogens is 312 g/mol.